The van der Waals surface area contributed by atoms with Gasteiger partial charge >= 0.3 is 0 Å². The highest BCUT2D eigenvalue weighted by Crippen LogP contribution is 2.05. The topological polar surface area (TPSA) is 113 Å². The zero-order valence-electron chi connectivity index (χ0n) is 7.66. The lowest BCUT2D eigenvalue weighted by Crippen LogP contribution is -2.09. The summed E-state index contributed by atoms with van der Waals surface area (Å²) in [5.41, 5.74) is 10.8. The molecule has 0 saturated heterocycles. The molecule has 2 aromatic heterocycles. The number of hydrogen-bond donors (Lipinski definition) is 2. The maximum Gasteiger partial charge on any atom is 0.251 e. The van der Waals surface area contributed by atoms with Crippen molar-refractivity contribution in [2.24, 2.45) is 5.73 Å². The van der Waals surface area contributed by atoms with Gasteiger partial charge in [-0.2, -0.15) is 10.1 Å². The third-order valence-corrected chi connectivity index (χ3v) is 1.76. The SMILES string of the molecule is NC(=O)c1cnn(-c2ccnc(N)n2)c1. The molecular formula is C8H8N6O. The first-order valence-electron chi connectivity index (χ1n) is 4.10. The van der Waals surface area contributed by atoms with E-state index in [4.69, 9.17) is 11.5 Å². The molecule has 0 aliphatic rings. The summed E-state index contributed by atoms with van der Waals surface area (Å²) < 4.78 is 1.40. The molecule has 4 N–H and O–H groups in total. The van der Waals surface area contributed by atoms with Crippen LogP contribution in [0.5, 0.6) is 0 Å². The quantitative estimate of drug-likeness (QED) is 0.674. The lowest BCUT2D eigenvalue weighted by molar-refractivity contribution is 0.100. The lowest BCUT2D eigenvalue weighted by Gasteiger charge is -1.99. The van der Waals surface area contributed by atoms with E-state index in [0.29, 0.717) is 11.4 Å². The molecule has 0 aliphatic carbocycles. The van der Waals surface area contributed by atoms with Crippen molar-refractivity contribution in [2.75, 3.05) is 5.73 Å². The van der Waals surface area contributed by atoms with E-state index in [9.17, 15) is 4.79 Å². The van der Waals surface area contributed by atoms with E-state index in [2.05, 4.69) is 15.1 Å². The van der Waals surface area contributed by atoms with Gasteiger partial charge in [0.05, 0.1) is 11.8 Å². The van der Waals surface area contributed by atoms with Crippen molar-refractivity contribution in [3.05, 3.63) is 30.2 Å². The Morgan fingerprint density at radius 2 is 2.27 bits per heavy atom. The molecule has 0 radical (unpaired) electrons. The molecule has 0 aromatic carbocycles. The molecule has 0 atom stereocenters. The van der Waals surface area contributed by atoms with Crippen molar-refractivity contribution in [2.45, 2.75) is 0 Å². The first-order chi connectivity index (χ1) is 7.16. The second-order valence-electron chi connectivity index (χ2n) is 2.81. The Kier molecular flexibility index (Phi) is 2.05. The van der Waals surface area contributed by atoms with Crippen LogP contribution in [0.25, 0.3) is 5.82 Å². The van der Waals surface area contributed by atoms with Crippen molar-refractivity contribution in [1.82, 2.24) is 19.7 Å². The monoisotopic (exact) mass is 204 g/mol. The van der Waals surface area contributed by atoms with Gasteiger partial charge in [-0.05, 0) is 0 Å². The average molecular weight is 204 g/mol. The van der Waals surface area contributed by atoms with Crippen LogP contribution in [-0.2, 0) is 0 Å². The number of nitrogen functional groups attached to an aromatic ring is 1. The summed E-state index contributed by atoms with van der Waals surface area (Å²) >= 11 is 0. The zero-order chi connectivity index (χ0) is 10.8. The van der Waals surface area contributed by atoms with Crippen molar-refractivity contribution < 1.29 is 4.79 Å². The smallest absolute Gasteiger partial charge is 0.251 e. The second kappa shape index (κ2) is 3.37. The van der Waals surface area contributed by atoms with E-state index in [-0.39, 0.29) is 5.95 Å². The summed E-state index contributed by atoms with van der Waals surface area (Å²) in [5.74, 6) is 0.0851. The predicted octanol–water partition coefficient (Wildman–Crippen LogP) is -0.657. The summed E-state index contributed by atoms with van der Waals surface area (Å²) in [6.45, 7) is 0. The molecule has 0 saturated carbocycles. The van der Waals surface area contributed by atoms with Crippen LogP contribution in [0.3, 0.4) is 0 Å². The minimum absolute atomic E-state index is 0.142. The number of primary amides is 1. The van der Waals surface area contributed by atoms with Crippen molar-refractivity contribution in [3.8, 4) is 5.82 Å². The first kappa shape index (κ1) is 9.13. The molecule has 7 heteroatoms. The van der Waals surface area contributed by atoms with Crippen LogP contribution < -0.4 is 11.5 Å². The average Bonchev–Trinajstić information content (AvgIpc) is 2.66. The van der Waals surface area contributed by atoms with Crippen LogP contribution in [-0.4, -0.2) is 25.7 Å². The van der Waals surface area contributed by atoms with Gasteiger partial charge in [0.2, 0.25) is 5.95 Å². The maximum absolute atomic E-state index is 10.8. The van der Waals surface area contributed by atoms with E-state index >= 15 is 0 Å². The highest BCUT2D eigenvalue weighted by atomic mass is 16.1. The lowest BCUT2D eigenvalue weighted by atomic mass is 10.3. The molecule has 15 heavy (non-hydrogen) atoms. The molecule has 1 amide bonds. The van der Waals surface area contributed by atoms with E-state index in [0.717, 1.165) is 0 Å². The van der Waals surface area contributed by atoms with Crippen molar-refractivity contribution >= 4 is 11.9 Å². The Bertz CT molecular complexity index is 505. The summed E-state index contributed by atoms with van der Waals surface area (Å²) in [6.07, 6.45) is 4.34. The second-order valence-corrected chi connectivity index (χ2v) is 2.81. The van der Waals surface area contributed by atoms with Crippen LogP contribution in [0.1, 0.15) is 10.4 Å². The maximum atomic E-state index is 10.8. The van der Waals surface area contributed by atoms with Crippen LogP contribution in [0, 0.1) is 0 Å². The minimum Gasteiger partial charge on any atom is -0.368 e. The molecule has 2 rings (SSSR count). The van der Waals surface area contributed by atoms with Gasteiger partial charge in [-0.1, -0.05) is 0 Å². The number of nitrogens with two attached hydrogens (primary N) is 2. The number of nitrogens with zero attached hydrogens (tertiary/aromatic N) is 4. The van der Waals surface area contributed by atoms with Gasteiger partial charge in [0.15, 0.2) is 5.82 Å². The van der Waals surface area contributed by atoms with Gasteiger partial charge < -0.3 is 11.5 Å². The van der Waals surface area contributed by atoms with Crippen LogP contribution in [0.2, 0.25) is 0 Å². The molecule has 0 aliphatic heterocycles. The predicted molar refractivity (Wildman–Crippen MR) is 52.1 cm³/mol. The van der Waals surface area contributed by atoms with Gasteiger partial charge in [0.25, 0.3) is 5.91 Å². The largest absolute Gasteiger partial charge is 0.368 e. The molecular weight excluding hydrogens is 196 g/mol. The fourth-order valence-corrected chi connectivity index (χ4v) is 1.07. The number of carbonyl (C=O) groups excluding carboxylic acids is 1. The van der Waals surface area contributed by atoms with Crippen molar-refractivity contribution in [3.63, 3.8) is 0 Å². The summed E-state index contributed by atoms with van der Waals surface area (Å²) in [4.78, 5) is 18.5. The molecule has 7 nitrogen and oxygen atoms in total. The third kappa shape index (κ3) is 1.75. The van der Waals surface area contributed by atoms with Gasteiger partial charge in [-0.25, -0.2) is 9.67 Å². The van der Waals surface area contributed by atoms with Gasteiger partial charge in [-0.3, -0.25) is 4.79 Å². The number of aromatic nitrogens is 4. The standard InChI is InChI=1S/C8H8N6O/c9-7(15)5-3-12-14(4-5)6-1-2-11-8(10)13-6/h1-4H,(H2,9,15)(H2,10,11,13). The van der Waals surface area contributed by atoms with E-state index < -0.39 is 5.91 Å². The summed E-state index contributed by atoms with van der Waals surface area (Å²) in [6, 6.07) is 1.62. The fourth-order valence-electron chi connectivity index (χ4n) is 1.07. The Labute approximate surface area is 84.7 Å². The molecule has 2 aromatic rings. The van der Waals surface area contributed by atoms with Crippen LogP contribution >= 0.6 is 0 Å². The normalized spacial score (nSPS) is 10.1. The van der Waals surface area contributed by atoms with E-state index in [1.165, 1.54) is 23.3 Å². The Morgan fingerprint density at radius 1 is 1.47 bits per heavy atom. The number of anilines is 1. The summed E-state index contributed by atoms with van der Waals surface area (Å²) in [5, 5.41) is 3.92. The third-order valence-electron chi connectivity index (χ3n) is 1.76. The number of rotatable bonds is 2. The highest BCUT2D eigenvalue weighted by molar-refractivity contribution is 5.92. The molecule has 0 spiro atoms. The molecule has 76 valence electrons. The Morgan fingerprint density at radius 3 is 2.87 bits per heavy atom. The van der Waals surface area contributed by atoms with Gasteiger partial charge in [0, 0.05) is 18.5 Å². The first-order valence-corrected chi connectivity index (χ1v) is 4.10. The van der Waals surface area contributed by atoms with Gasteiger partial charge in [-0.15, -0.1) is 0 Å². The number of amides is 1. The summed E-state index contributed by atoms with van der Waals surface area (Å²) in [7, 11) is 0. The zero-order valence-corrected chi connectivity index (χ0v) is 7.66. The Hall–Kier alpha value is -2.44. The fraction of sp³-hybridized carbons (Fsp3) is 0. The Balaban J connectivity index is 2.41. The number of carbonyl (C=O) groups is 1. The van der Waals surface area contributed by atoms with E-state index in [1.807, 2.05) is 0 Å². The van der Waals surface area contributed by atoms with E-state index in [1.54, 1.807) is 6.07 Å². The number of hydrogen-bond acceptors (Lipinski definition) is 5. The van der Waals surface area contributed by atoms with Crippen LogP contribution in [0.4, 0.5) is 5.95 Å². The molecule has 0 unspecified atom stereocenters. The minimum atomic E-state index is -0.539. The highest BCUT2D eigenvalue weighted by Gasteiger charge is 2.06. The van der Waals surface area contributed by atoms with Gasteiger partial charge in [0.1, 0.15) is 0 Å². The van der Waals surface area contributed by atoms with Crippen LogP contribution in [0.15, 0.2) is 24.7 Å². The van der Waals surface area contributed by atoms with Crippen molar-refractivity contribution in [1.29, 1.82) is 0 Å². The molecule has 0 fully saturated rings. The molecule has 0 bridgehead atoms. The molecule has 2 heterocycles.